The van der Waals surface area contributed by atoms with Gasteiger partial charge in [-0.25, -0.2) is 0 Å². The Morgan fingerprint density at radius 2 is 2.00 bits per heavy atom. The van der Waals surface area contributed by atoms with Crippen molar-refractivity contribution in [2.75, 3.05) is 7.11 Å². The number of ether oxygens (including phenoxy) is 2. The summed E-state index contributed by atoms with van der Waals surface area (Å²) in [6, 6.07) is 12.8. The Labute approximate surface area is 176 Å². The molecule has 0 aliphatic carbocycles. The summed E-state index contributed by atoms with van der Waals surface area (Å²) in [5, 5.41) is 4.53. The van der Waals surface area contributed by atoms with Gasteiger partial charge >= 0.3 is 0 Å². The third-order valence-electron chi connectivity index (χ3n) is 4.08. The van der Waals surface area contributed by atoms with Crippen LogP contribution in [0.15, 0.2) is 59.2 Å². The highest BCUT2D eigenvalue weighted by Crippen LogP contribution is 2.30. The highest BCUT2D eigenvalue weighted by Gasteiger charge is 2.09. The second-order valence-electron chi connectivity index (χ2n) is 5.97. The predicted octanol–water partition coefficient (Wildman–Crippen LogP) is 5.32. The monoisotopic (exact) mass is 460 g/mol. The topological polar surface area (TPSA) is 53.3 Å². The average molecular weight is 462 g/mol. The molecule has 5 nitrogen and oxygen atoms in total. The van der Waals surface area contributed by atoms with Crippen molar-refractivity contribution in [3.05, 3.63) is 81.1 Å². The van der Waals surface area contributed by atoms with E-state index in [1.165, 1.54) is 6.08 Å². The summed E-state index contributed by atoms with van der Waals surface area (Å²) in [6.07, 6.45) is 4.87. The highest BCUT2D eigenvalue weighted by molar-refractivity contribution is 9.10. The van der Waals surface area contributed by atoms with Crippen LogP contribution in [0.25, 0.3) is 6.08 Å². The summed E-state index contributed by atoms with van der Waals surface area (Å²) in [4.78, 5) is 12.3. The molecular weight excluding hydrogens is 444 g/mol. The number of halogens is 2. The molecule has 144 valence electrons. The predicted molar refractivity (Wildman–Crippen MR) is 113 cm³/mol. The van der Waals surface area contributed by atoms with Crippen molar-refractivity contribution < 1.29 is 14.3 Å². The molecule has 0 atom stereocenters. The number of hydrogen-bond donors (Lipinski definition) is 0. The van der Waals surface area contributed by atoms with E-state index in [0.29, 0.717) is 22.2 Å². The van der Waals surface area contributed by atoms with Crippen molar-refractivity contribution in [3.8, 4) is 11.5 Å². The third kappa shape index (κ3) is 4.82. The van der Waals surface area contributed by atoms with Crippen molar-refractivity contribution in [1.29, 1.82) is 0 Å². The molecule has 0 spiro atoms. The first-order valence-electron chi connectivity index (χ1n) is 8.43. The van der Waals surface area contributed by atoms with Gasteiger partial charge in [-0.15, -0.1) is 0 Å². The number of aryl methyl sites for hydroxylation is 1. The van der Waals surface area contributed by atoms with E-state index in [9.17, 15) is 4.79 Å². The molecule has 0 aliphatic rings. The van der Waals surface area contributed by atoms with Crippen LogP contribution in [0.3, 0.4) is 0 Å². The number of nitrogens with zero attached hydrogens (tertiary/aromatic N) is 2. The maximum absolute atomic E-state index is 12.3. The van der Waals surface area contributed by atoms with Gasteiger partial charge in [0.25, 0.3) is 0 Å². The van der Waals surface area contributed by atoms with Gasteiger partial charge < -0.3 is 9.47 Å². The Bertz CT molecular complexity index is 1030. The first-order chi connectivity index (χ1) is 13.5. The van der Waals surface area contributed by atoms with E-state index in [1.807, 2.05) is 24.3 Å². The largest absolute Gasteiger partial charge is 0.496 e. The summed E-state index contributed by atoms with van der Waals surface area (Å²) in [5.74, 6) is 1.16. The van der Waals surface area contributed by atoms with Crippen molar-refractivity contribution >= 4 is 39.4 Å². The third-order valence-corrected chi connectivity index (χ3v) is 4.87. The molecule has 0 unspecified atom stereocenters. The van der Waals surface area contributed by atoms with Crippen LogP contribution in [0.5, 0.6) is 11.5 Å². The lowest BCUT2D eigenvalue weighted by Crippen LogP contribution is -2.03. The first kappa shape index (κ1) is 20.2. The summed E-state index contributed by atoms with van der Waals surface area (Å²) < 4.78 is 13.7. The number of allylic oxidation sites excluding steroid dienone is 1. The molecule has 0 amide bonds. The fraction of sp³-hybridized carbons (Fsp3) is 0.143. The Morgan fingerprint density at radius 3 is 2.68 bits per heavy atom. The Morgan fingerprint density at radius 1 is 1.21 bits per heavy atom. The molecule has 2 aromatic carbocycles. The number of rotatable bonds is 7. The zero-order valence-electron chi connectivity index (χ0n) is 15.4. The van der Waals surface area contributed by atoms with Crippen LogP contribution < -0.4 is 9.47 Å². The van der Waals surface area contributed by atoms with Gasteiger partial charge in [0, 0.05) is 23.3 Å². The zero-order valence-corrected chi connectivity index (χ0v) is 17.7. The van der Waals surface area contributed by atoms with Gasteiger partial charge in [0.05, 0.1) is 12.1 Å². The molecule has 3 rings (SSSR count). The van der Waals surface area contributed by atoms with Crippen LogP contribution in [0.1, 0.15) is 21.6 Å². The minimum atomic E-state index is -0.115. The molecule has 0 bridgehead atoms. The standard InChI is InChI=1S/C21H18BrClN2O3/c1-25-18(9-10-24-25)19(26)6-3-14-4-7-20(27-2)15(11-14)13-28-21-8-5-16(22)12-17(21)23/h3-12H,13H2,1-2H3/b6-3+. The Balaban J connectivity index is 1.77. The first-order valence-corrected chi connectivity index (χ1v) is 9.60. The smallest absolute Gasteiger partial charge is 0.203 e. The van der Waals surface area contributed by atoms with Gasteiger partial charge in [0.15, 0.2) is 0 Å². The SMILES string of the molecule is COc1ccc(/C=C/C(=O)c2ccnn2C)cc1COc1ccc(Br)cc1Cl. The number of ketones is 1. The highest BCUT2D eigenvalue weighted by atomic mass is 79.9. The maximum atomic E-state index is 12.3. The Hall–Kier alpha value is -2.57. The molecule has 28 heavy (non-hydrogen) atoms. The van der Waals surface area contributed by atoms with Crippen LogP contribution in [-0.4, -0.2) is 22.7 Å². The van der Waals surface area contributed by atoms with Gasteiger partial charge in [-0.05, 0) is 48.0 Å². The van der Waals surface area contributed by atoms with Crippen molar-refractivity contribution in [3.63, 3.8) is 0 Å². The van der Waals surface area contributed by atoms with Crippen LogP contribution in [0.4, 0.5) is 0 Å². The van der Waals surface area contributed by atoms with Gasteiger partial charge in [-0.2, -0.15) is 5.10 Å². The van der Waals surface area contributed by atoms with E-state index < -0.39 is 0 Å². The second-order valence-corrected chi connectivity index (χ2v) is 7.30. The lowest BCUT2D eigenvalue weighted by molar-refractivity contribution is 0.103. The lowest BCUT2D eigenvalue weighted by atomic mass is 10.1. The normalized spacial score (nSPS) is 11.0. The molecule has 1 heterocycles. The van der Waals surface area contributed by atoms with E-state index >= 15 is 0 Å². The summed E-state index contributed by atoms with van der Waals surface area (Å²) >= 11 is 9.58. The zero-order chi connectivity index (χ0) is 20.1. The minimum absolute atomic E-state index is 0.115. The van der Waals surface area contributed by atoms with E-state index in [4.69, 9.17) is 21.1 Å². The Kier molecular flexibility index (Phi) is 6.54. The molecule has 1 aromatic heterocycles. The summed E-state index contributed by atoms with van der Waals surface area (Å²) in [6.45, 7) is 0.280. The van der Waals surface area contributed by atoms with Crippen LogP contribution in [0.2, 0.25) is 5.02 Å². The molecule has 0 aliphatic heterocycles. The maximum Gasteiger partial charge on any atom is 0.203 e. The molecule has 0 saturated carbocycles. The number of carbonyl (C=O) groups excluding carboxylic acids is 1. The van der Waals surface area contributed by atoms with Crippen LogP contribution in [0, 0.1) is 0 Å². The quantitative estimate of drug-likeness (QED) is 0.353. The molecule has 3 aromatic rings. The fourth-order valence-electron chi connectivity index (χ4n) is 2.64. The summed E-state index contributed by atoms with van der Waals surface area (Å²) in [7, 11) is 3.34. The number of benzene rings is 2. The van der Waals surface area contributed by atoms with E-state index in [0.717, 1.165) is 15.6 Å². The lowest BCUT2D eigenvalue weighted by Gasteiger charge is -2.12. The van der Waals surface area contributed by atoms with Crippen LogP contribution in [-0.2, 0) is 13.7 Å². The van der Waals surface area contributed by atoms with E-state index in [-0.39, 0.29) is 12.4 Å². The van der Waals surface area contributed by atoms with Gasteiger partial charge in [0.1, 0.15) is 23.8 Å². The molecule has 0 N–H and O–H groups in total. The molecule has 0 saturated heterocycles. The summed E-state index contributed by atoms with van der Waals surface area (Å²) in [5.41, 5.74) is 2.23. The molecule has 0 fully saturated rings. The van der Waals surface area contributed by atoms with Gasteiger partial charge in [-0.3, -0.25) is 9.48 Å². The molecule has 7 heteroatoms. The second kappa shape index (κ2) is 9.08. The van der Waals surface area contributed by atoms with Crippen molar-refractivity contribution in [2.24, 2.45) is 7.05 Å². The van der Waals surface area contributed by atoms with Crippen LogP contribution >= 0.6 is 27.5 Å². The fourth-order valence-corrected chi connectivity index (χ4v) is 3.36. The van der Waals surface area contributed by atoms with E-state index in [2.05, 4.69) is 21.0 Å². The van der Waals surface area contributed by atoms with Gasteiger partial charge in [0.2, 0.25) is 5.78 Å². The average Bonchev–Trinajstić information content (AvgIpc) is 3.11. The number of hydrogen-bond acceptors (Lipinski definition) is 4. The van der Waals surface area contributed by atoms with E-state index in [1.54, 1.807) is 49.3 Å². The number of aromatic nitrogens is 2. The van der Waals surface area contributed by atoms with Crippen molar-refractivity contribution in [2.45, 2.75) is 6.61 Å². The number of carbonyl (C=O) groups is 1. The molecule has 0 radical (unpaired) electrons. The molecular formula is C21H18BrClN2O3. The number of methoxy groups -OCH3 is 1. The van der Waals surface area contributed by atoms with Crippen molar-refractivity contribution in [1.82, 2.24) is 9.78 Å². The van der Waals surface area contributed by atoms with Gasteiger partial charge in [-0.1, -0.05) is 39.7 Å². The minimum Gasteiger partial charge on any atom is -0.496 e.